The number of rotatable bonds is 5. The number of piperidine rings is 1. The Morgan fingerprint density at radius 2 is 1.94 bits per heavy atom. The highest BCUT2D eigenvalue weighted by molar-refractivity contribution is 5.74. The van der Waals surface area contributed by atoms with Crippen LogP contribution in [0.15, 0.2) is 24.3 Å². The first-order chi connectivity index (χ1) is 14.8. The minimum Gasteiger partial charge on any atom is -0.507 e. The summed E-state index contributed by atoms with van der Waals surface area (Å²) in [7, 11) is 0. The predicted molar refractivity (Wildman–Crippen MR) is 122 cm³/mol. The molecular weight excluding hydrogens is 390 g/mol. The van der Waals surface area contributed by atoms with Crippen LogP contribution >= 0.6 is 0 Å². The average molecular weight is 424 g/mol. The number of hydrogen-bond acceptors (Lipinski definition) is 5. The maximum Gasteiger partial charge on any atom is 0.150 e. The molecule has 2 aromatic carbocycles. The molecule has 1 fully saturated rings. The van der Waals surface area contributed by atoms with E-state index in [1.807, 2.05) is 32.9 Å². The number of benzene rings is 2. The minimum absolute atomic E-state index is 0.137. The van der Waals surface area contributed by atoms with Gasteiger partial charge in [-0.25, -0.2) is 0 Å². The van der Waals surface area contributed by atoms with Crippen LogP contribution in [0, 0.1) is 20.8 Å². The van der Waals surface area contributed by atoms with Gasteiger partial charge < -0.3 is 14.6 Å². The molecule has 0 radical (unpaired) electrons. The second kappa shape index (κ2) is 8.54. The minimum atomic E-state index is -0.263. The second-order valence-electron chi connectivity index (χ2n) is 9.39. The molecule has 5 nitrogen and oxygen atoms in total. The molecule has 31 heavy (non-hydrogen) atoms. The van der Waals surface area contributed by atoms with Gasteiger partial charge in [0.1, 0.15) is 35.2 Å². The summed E-state index contributed by atoms with van der Waals surface area (Å²) in [5.74, 6) is 2.18. The third kappa shape index (κ3) is 4.42. The van der Waals surface area contributed by atoms with Gasteiger partial charge in [-0.2, -0.15) is 0 Å². The number of aldehydes is 1. The predicted octanol–water partition coefficient (Wildman–Crippen LogP) is 4.76. The van der Waals surface area contributed by atoms with E-state index in [2.05, 4.69) is 11.8 Å². The molecule has 1 unspecified atom stereocenters. The molecule has 0 aliphatic carbocycles. The zero-order valence-electron chi connectivity index (χ0n) is 19.0. The van der Waals surface area contributed by atoms with E-state index in [0.29, 0.717) is 11.3 Å². The lowest BCUT2D eigenvalue weighted by Gasteiger charge is -2.43. The van der Waals surface area contributed by atoms with E-state index in [4.69, 9.17) is 9.47 Å². The van der Waals surface area contributed by atoms with Gasteiger partial charge in [-0.05, 0) is 101 Å². The fourth-order valence-corrected chi connectivity index (χ4v) is 4.95. The maximum absolute atomic E-state index is 10.9. The topological polar surface area (TPSA) is 59.0 Å². The lowest BCUT2D eigenvalue weighted by molar-refractivity contribution is -0.000560. The number of carbonyl (C=O) groups is 1. The van der Waals surface area contributed by atoms with Crippen LogP contribution in [0.1, 0.15) is 58.8 Å². The first kappa shape index (κ1) is 21.7. The highest BCUT2D eigenvalue weighted by Gasteiger charge is 2.37. The standard InChI is InChI=1S/C26H33NO4/c1-17-18(2)25-23(19(3)24(17)29)11-12-26(4,31-25)16-27-13-5-6-22(14-27)30-21-9-7-20(15-28)8-10-21/h7-10,15,22,29H,5-6,11-14,16H2,1-4H3/t22-,26?/m1/s1. The molecule has 166 valence electrons. The number of fused-ring (bicyclic) bond motifs is 1. The van der Waals surface area contributed by atoms with Crippen molar-refractivity contribution in [2.75, 3.05) is 19.6 Å². The molecular formula is C26H33NO4. The van der Waals surface area contributed by atoms with Gasteiger partial charge in [0.2, 0.25) is 0 Å². The monoisotopic (exact) mass is 423 g/mol. The van der Waals surface area contributed by atoms with Crippen LogP contribution < -0.4 is 9.47 Å². The quantitative estimate of drug-likeness (QED) is 0.703. The molecule has 2 atom stereocenters. The van der Waals surface area contributed by atoms with Gasteiger partial charge >= 0.3 is 0 Å². The Morgan fingerprint density at radius 3 is 2.65 bits per heavy atom. The summed E-state index contributed by atoms with van der Waals surface area (Å²) in [5, 5.41) is 10.4. The number of hydrogen-bond donors (Lipinski definition) is 1. The Kier molecular flexibility index (Phi) is 5.98. The summed E-state index contributed by atoms with van der Waals surface area (Å²) in [6, 6.07) is 7.32. The molecule has 0 aromatic heterocycles. The van der Waals surface area contributed by atoms with Gasteiger partial charge in [0.05, 0.1) is 0 Å². The van der Waals surface area contributed by atoms with Crippen molar-refractivity contribution in [3.8, 4) is 17.2 Å². The number of phenols is 1. The Hall–Kier alpha value is -2.53. The zero-order valence-corrected chi connectivity index (χ0v) is 19.0. The van der Waals surface area contributed by atoms with Gasteiger partial charge in [-0.1, -0.05) is 0 Å². The third-order valence-corrected chi connectivity index (χ3v) is 6.93. The number of nitrogens with zero attached hydrogens (tertiary/aromatic N) is 1. The van der Waals surface area contributed by atoms with Crippen molar-refractivity contribution in [3.05, 3.63) is 52.1 Å². The molecule has 2 heterocycles. The summed E-state index contributed by atoms with van der Waals surface area (Å²) in [6.07, 6.45) is 4.96. The van der Waals surface area contributed by atoms with E-state index in [9.17, 15) is 9.90 Å². The fourth-order valence-electron chi connectivity index (χ4n) is 4.95. The van der Waals surface area contributed by atoms with Crippen molar-refractivity contribution < 1.29 is 19.4 Å². The van der Waals surface area contributed by atoms with Gasteiger partial charge in [-0.3, -0.25) is 9.69 Å². The molecule has 1 saturated heterocycles. The van der Waals surface area contributed by atoms with E-state index in [-0.39, 0.29) is 11.7 Å². The molecule has 2 aromatic rings. The smallest absolute Gasteiger partial charge is 0.150 e. The van der Waals surface area contributed by atoms with Crippen molar-refractivity contribution in [1.82, 2.24) is 4.90 Å². The Bertz CT molecular complexity index is 969. The largest absolute Gasteiger partial charge is 0.507 e. The summed E-state index contributed by atoms with van der Waals surface area (Å²) >= 11 is 0. The molecule has 0 amide bonds. The highest BCUT2D eigenvalue weighted by atomic mass is 16.5. The first-order valence-electron chi connectivity index (χ1n) is 11.2. The van der Waals surface area contributed by atoms with E-state index in [1.165, 1.54) is 0 Å². The van der Waals surface area contributed by atoms with Gasteiger partial charge in [0.15, 0.2) is 0 Å². The fraction of sp³-hybridized carbons (Fsp3) is 0.500. The van der Waals surface area contributed by atoms with Crippen molar-refractivity contribution >= 4 is 6.29 Å². The van der Waals surface area contributed by atoms with Crippen LogP contribution in [0.4, 0.5) is 0 Å². The lowest BCUT2D eigenvalue weighted by Crippen LogP contribution is -2.51. The number of aromatic hydroxyl groups is 1. The Labute approximate surface area is 185 Å². The van der Waals surface area contributed by atoms with Crippen LogP contribution in [0.3, 0.4) is 0 Å². The van der Waals surface area contributed by atoms with Crippen molar-refractivity contribution in [3.63, 3.8) is 0 Å². The van der Waals surface area contributed by atoms with E-state index < -0.39 is 0 Å². The van der Waals surface area contributed by atoms with E-state index in [1.54, 1.807) is 12.1 Å². The number of phenolic OH excluding ortho intramolecular Hbond substituents is 1. The number of ether oxygens (including phenoxy) is 2. The third-order valence-electron chi connectivity index (χ3n) is 6.93. The van der Waals surface area contributed by atoms with Crippen LogP contribution in [-0.2, 0) is 6.42 Å². The zero-order chi connectivity index (χ0) is 22.2. The summed E-state index contributed by atoms with van der Waals surface area (Å²) in [4.78, 5) is 13.3. The van der Waals surface area contributed by atoms with Crippen molar-refractivity contribution in [1.29, 1.82) is 0 Å². The van der Waals surface area contributed by atoms with Crippen LogP contribution in [-0.4, -0.2) is 47.6 Å². The maximum atomic E-state index is 10.9. The van der Waals surface area contributed by atoms with E-state index in [0.717, 1.165) is 85.4 Å². The molecule has 0 spiro atoms. The van der Waals surface area contributed by atoms with Gasteiger partial charge in [0.25, 0.3) is 0 Å². The van der Waals surface area contributed by atoms with Crippen molar-refractivity contribution in [2.45, 2.75) is 65.1 Å². The summed E-state index contributed by atoms with van der Waals surface area (Å²) < 4.78 is 12.8. The lowest BCUT2D eigenvalue weighted by atomic mass is 9.86. The summed E-state index contributed by atoms with van der Waals surface area (Å²) in [6.45, 7) is 11.0. The molecule has 2 aliphatic rings. The molecule has 4 rings (SSSR count). The molecule has 1 N–H and O–H groups in total. The molecule has 0 saturated carbocycles. The SMILES string of the molecule is Cc1c(C)c2c(c(C)c1O)CCC(C)(CN1CCC[C@@H](Oc3ccc(C=O)cc3)C1)O2. The molecule has 2 aliphatic heterocycles. The summed E-state index contributed by atoms with van der Waals surface area (Å²) in [5.41, 5.74) is 4.45. The van der Waals surface area contributed by atoms with Crippen molar-refractivity contribution in [2.24, 2.45) is 0 Å². The van der Waals surface area contributed by atoms with E-state index >= 15 is 0 Å². The molecule has 5 heteroatoms. The normalized spacial score (nSPS) is 23.7. The number of likely N-dealkylation sites (tertiary alicyclic amines) is 1. The first-order valence-corrected chi connectivity index (χ1v) is 11.2. The molecule has 0 bridgehead atoms. The van der Waals surface area contributed by atoms with Gasteiger partial charge in [-0.15, -0.1) is 0 Å². The van der Waals surface area contributed by atoms with Crippen LogP contribution in [0.25, 0.3) is 0 Å². The Balaban J connectivity index is 1.43. The Morgan fingerprint density at radius 1 is 1.19 bits per heavy atom. The second-order valence-corrected chi connectivity index (χ2v) is 9.39. The van der Waals surface area contributed by atoms with Crippen LogP contribution in [0.5, 0.6) is 17.2 Å². The average Bonchev–Trinajstić information content (AvgIpc) is 2.77. The highest BCUT2D eigenvalue weighted by Crippen LogP contribution is 2.43. The van der Waals surface area contributed by atoms with Crippen LogP contribution in [0.2, 0.25) is 0 Å². The number of carbonyl (C=O) groups excluding carboxylic acids is 1. The van der Waals surface area contributed by atoms with Gasteiger partial charge in [0, 0.05) is 24.2 Å².